The zero-order chi connectivity index (χ0) is 22.5. The molecule has 0 atom stereocenters. The van der Waals surface area contributed by atoms with Gasteiger partial charge in [0.15, 0.2) is 0 Å². The molecule has 2 rings (SSSR count). The van der Waals surface area contributed by atoms with E-state index in [0.29, 0.717) is 21.2 Å². The van der Waals surface area contributed by atoms with Gasteiger partial charge in [0.25, 0.3) is 0 Å². The molecule has 0 heterocycles. The van der Waals surface area contributed by atoms with Gasteiger partial charge in [-0.2, -0.15) is 0 Å². The van der Waals surface area contributed by atoms with Crippen LogP contribution >= 0.6 is 30.5 Å². The average Bonchev–Trinajstić information content (AvgIpc) is 2.55. The minimum Gasteiger partial charge on any atom is -0.507 e. The molecule has 0 aliphatic rings. The molecule has 0 unspecified atom stereocenters. The molecule has 2 aromatic rings. The summed E-state index contributed by atoms with van der Waals surface area (Å²) in [5.74, 6) is -0.175. The van der Waals surface area contributed by atoms with Crippen LogP contribution < -0.4 is 10.6 Å². The van der Waals surface area contributed by atoms with E-state index in [1.54, 1.807) is 26.2 Å². The van der Waals surface area contributed by atoms with Crippen LogP contribution in [0.3, 0.4) is 0 Å². The van der Waals surface area contributed by atoms with Gasteiger partial charge in [0.1, 0.15) is 11.5 Å². The van der Waals surface area contributed by atoms with Gasteiger partial charge in [-0.15, -0.1) is 0 Å². The van der Waals surface area contributed by atoms with E-state index in [1.165, 1.54) is 16.8 Å². The molecule has 0 amide bonds. The third kappa shape index (κ3) is 4.46. The van der Waals surface area contributed by atoms with E-state index in [2.05, 4.69) is 0 Å². The van der Waals surface area contributed by atoms with E-state index < -0.39 is 18.1 Å². The van der Waals surface area contributed by atoms with Gasteiger partial charge in [0.2, 0.25) is 7.29 Å². The predicted molar refractivity (Wildman–Crippen MR) is 124 cm³/mol. The molecule has 0 spiro atoms. The Bertz CT molecular complexity index is 916. The summed E-state index contributed by atoms with van der Waals surface area (Å²) in [5, 5.41) is 23.3. The summed E-state index contributed by atoms with van der Waals surface area (Å²) in [4.78, 5) is 0. The molecule has 0 aliphatic heterocycles. The van der Waals surface area contributed by atoms with E-state index in [9.17, 15) is 14.8 Å². The van der Waals surface area contributed by atoms with E-state index >= 15 is 0 Å². The smallest absolute Gasteiger partial charge is 0.214 e. The molecule has 160 valence electrons. The maximum atomic E-state index is 14.5. The van der Waals surface area contributed by atoms with Gasteiger partial charge in [-0.05, 0) is 49.2 Å². The van der Waals surface area contributed by atoms with Crippen molar-refractivity contribution < 1.29 is 14.8 Å². The van der Waals surface area contributed by atoms with E-state index in [4.69, 9.17) is 23.2 Å². The molecule has 0 aromatic heterocycles. The Labute approximate surface area is 183 Å². The predicted octanol–water partition coefficient (Wildman–Crippen LogP) is 5.79. The first kappa shape index (κ1) is 24.1. The fraction of sp³-hybridized carbons (Fsp3) is 0.455. The second-order valence-electron chi connectivity index (χ2n) is 9.57. The van der Waals surface area contributed by atoms with Gasteiger partial charge < -0.3 is 10.2 Å². The molecule has 0 fully saturated rings. The Morgan fingerprint density at radius 3 is 1.31 bits per heavy atom. The van der Waals surface area contributed by atoms with Crippen LogP contribution in [0.5, 0.6) is 11.5 Å². The molecule has 7 heteroatoms. The Hall–Kier alpha value is -1.19. The van der Waals surface area contributed by atoms with Crippen molar-refractivity contribution in [2.24, 2.45) is 0 Å². The highest BCUT2D eigenvalue weighted by molar-refractivity contribution is 7.77. The van der Waals surface area contributed by atoms with Crippen LogP contribution in [0.1, 0.15) is 52.7 Å². The highest BCUT2D eigenvalue weighted by Gasteiger charge is 2.39. The normalized spacial score (nSPS) is 13.2. The number of nitrogens with zero attached hydrogens (tertiary/aromatic N) is 1. The van der Waals surface area contributed by atoms with Crippen LogP contribution in [0.15, 0.2) is 24.3 Å². The van der Waals surface area contributed by atoms with Crippen molar-refractivity contribution in [1.82, 2.24) is 4.67 Å². The Kier molecular flexibility index (Phi) is 6.49. The first-order valence-electron chi connectivity index (χ1n) is 9.36. The molecule has 2 aromatic carbocycles. The number of aromatic hydroxyl groups is 2. The number of rotatable bonds is 3. The minimum absolute atomic E-state index is 0.0874. The minimum atomic E-state index is -3.65. The quantitative estimate of drug-likeness (QED) is 0.572. The number of halogens is 2. The maximum Gasteiger partial charge on any atom is 0.214 e. The summed E-state index contributed by atoms with van der Waals surface area (Å²) in [6.07, 6.45) is 0. The molecule has 2 N–H and O–H groups in total. The van der Waals surface area contributed by atoms with Crippen molar-refractivity contribution in [3.8, 4) is 11.5 Å². The van der Waals surface area contributed by atoms with Crippen molar-refractivity contribution in [3.05, 3.63) is 45.4 Å². The van der Waals surface area contributed by atoms with Crippen molar-refractivity contribution >= 4 is 41.1 Å². The average molecular weight is 458 g/mol. The van der Waals surface area contributed by atoms with Gasteiger partial charge in [0, 0.05) is 21.2 Å². The summed E-state index contributed by atoms with van der Waals surface area (Å²) in [6.45, 7) is 11.7. The third-order valence-electron chi connectivity index (χ3n) is 4.94. The highest BCUT2D eigenvalue weighted by atomic mass is 35.5. The lowest BCUT2D eigenvalue weighted by molar-refractivity contribution is 0.446. The standard InChI is InChI=1S/C22H30Cl2NO3P/c1-21(2,3)15-9-13(23)11-17(19(15)26)29(28,25(7)8)18-12-14(24)10-16(20(18)27)22(4,5)6/h9-12,26-27H,1-8H3. The lowest BCUT2D eigenvalue weighted by Gasteiger charge is -2.31. The van der Waals surface area contributed by atoms with E-state index in [1.807, 2.05) is 41.5 Å². The van der Waals surface area contributed by atoms with Crippen LogP contribution in [0, 0.1) is 0 Å². The van der Waals surface area contributed by atoms with Gasteiger partial charge in [-0.3, -0.25) is 9.24 Å². The summed E-state index contributed by atoms with van der Waals surface area (Å²) in [7, 11) is -0.358. The van der Waals surface area contributed by atoms with Crippen LogP contribution in [0.25, 0.3) is 0 Å². The van der Waals surface area contributed by atoms with Crippen LogP contribution in [0.4, 0.5) is 0 Å². The molecule has 0 radical (unpaired) electrons. The molecule has 29 heavy (non-hydrogen) atoms. The summed E-state index contributed by atoms with van der Waals surface area (Å²) >= 11 is 12.7. The summed E-state index contributed by atoms with van der Waals surface area (Å²) in [6, 6.07) is 6.37. The molecule has 0 aliphatic carbocycles. The van der Waals surface area contributed by atoms with Crippen LogP contribution in [-0.2, 0) is 15.4 Å². The van der Waals surface area contributed by atoms with Crippen molar-refractivity contribution in [2.45, 2.75) is 52.4 Å². The number of phenolic OH excluding ortho intramolecular Hbond substituents is 2. The van der Waals surface area contributed by atoms with Crippen molar-refractivity contribution in [2.75, 3.05) is 14.1 Å². The fourth-order valence-corrected chi connectivity index (χ4v) is 6.49. The zero-order valence-corrected chi connectivity index (χ0v) is 20.7. The molecule has 0 saturated carbocycles. The maximum absolute atomic E-state index is 14.5. The first-order valence-corrected chi connectivity index (χ1v) is 11.8. The lowest BCUT2D eigenvalue weighted by atomic mass is 9.86. The van der Waals surface area contributed by atoms with Gasteiger partial charge in [-0.25, -0.2) is 0 Å². The Morgan fingerprint density at radius 1 is 0.759 bits per heavy atom. The van der Waals surface area contributed by atoms with Crippen molar-refractivity contribution in [1.29, 1.82) is 0 Å². The molecule has 0 saturated heterocycles. The molecule has 4 nitrogen and oxygen atoms in total. The highest BCUT2D eigenvalue weighted by Crippen LogP contribution is 2.53. The Balaban J connectivity index is 2.98. The van der Waals surface area contributed by atoms with Crippen molar-refractivity contribution in [3.63, 3.8) is 0 Å². The van der Waals surface area contributed by atoms with Gasteiger partial charge >= 0.3 is 0 Å². The molecular weight excluding hydrogens is 428 g/mol. The number of hydrogen-bond donors (Lipinski definition) is 2. The van der Waals surface area contributed by atoms with E-state index in [-0.39, 0.29) is 22.1 Å². The third-order valence-corrected chi connectivity index (χ3v) is 8.49. The number of benzene rings is 2. The largest absolute Gasteiger partial charge is 0.507 e. The van der Waals surface area contributed by atoms with Gasteiger partial charge in [0.05, 0.1) is 10.6 Å². The topological polar surface area (TPSA) is 60.8 Å². The summed E-state index contributed by atoms with van der Waals surface area (Å²) in [5.41, 5.74) is 0.320. The van der Waals surface area contributed by atoms with Crippen LogP contribution in [-0.4, -0.2) is 29.0 Å². The number of phenols is 2. The SMILES string of the molecule is CN(C)P(=O)(c1cc(Cl)cc(C(C)(C)C)c1O)c1cc(Cl)cc(C(C)(C)C)c1O. The second kappa shape index (κ2) is 7.81. The molecular formula is C22H30Cl2NO3P. The lowest BCUT2D eigenvalue weighted by Crippen LogP contribution is -2.30. The monoisotopic (exact) mass is 457 g/mol. The summed E-state index contributed by atoms with van der Waals surface area (Å²) < 4.78 is 16.0. The second-order valence-corrected chi connectivity index (χ2v) is 13.4. The molecule has 0 bridgehead atoms. The zero-order valence-electron chi connectivity index (χ0n) is 18.3. The Morgan fingerprint density at radius 2 is 1.07 bits per heavy atom. The van der Waals surface area contributed by atoms with Crippen LogP contribution in [0.2, 0.25) is 10.0 Å². The van der Waals surface area contributed by atoms with Gasteiger partial charge in [-0.1, -0.05) is 64.7 Å². The number of hydrogen-bond acceptors (Lipinski definition) is 3. The first-order chi connectivity index (χ1) is 13.0. The fourth-order valence-electron chi connectivity index (χ4n) is 3.34. The van der Waals surface area contributed by atoms with E-state index in [0.717, 1.165) is 0 Å².